The summed E-state index contributed by atoms with van der Waals surface area (Å²) >= 11 is 0. The molecule has 0 radical (unpaired) electrons. The molecule has 26 heavy (non-hydrogen) atoms. The third-order valence-electron chi connectivity index (χ3n) is 5.29. The minimum Gasteiger partial charge on any atom is -0.363 e. The van der Waals surface area contributed by atoms with Crippen LogP contribution < -0.4 is 11.0 Å². The van der Waals surface area contributed by atoms with Crippen molar-refractivity contribution in [1.29, 1.82) is 0 Å². The smallest absolute Gasteiger partial charge is 0.326 e. The van der Waals surface area contributed by atoms with Gasteiger partial charge in [0.2, 0.25) is 0 Å². The first-order valence-corrected chi connectivity index (χ1v) is 8.96. The van der Waals surface area contributed by atoms with Gasteiger partial charge >= 0.3 is 5.69 Å². The van der Waals surface area contributed by atoms with Crippen LogP contribution in [0.5, 0.6) is 0 Å². The van der Waals surface area contributed by atoms with Crippen LogP contribution in [0.15, 0.2) is 47.5 Å². The standard InChI is InChI=1S/C20H19N5O/c1-2-25-18-10-16-14(9-17(18)24-20(25)26)19(22-11-21-16)23-15-8-7-12-5-3-4-6-13(12)15/h3-6,9-11,15H,2,7-8H2,1H3,(H,24,26)(H,21,22,23). The summed E-state index contributed by atoms with van der Waals surface area (Å²) in [5.74, 6) is 0.809. The van der Waals surface area contributed by atoms with Crippen molar-refractivity contribution < 1.29 is 0 Å². The predicted octanol–water partition coefficient (Wildman–Crippen LogP) is 3.39. The average Bonchev–Trinajstić information content (AvgIpc) is 3.20. The van der Waals surface area contributed by atoms with Crippen LogP contribution in [0.3, 0.4) is 0 Å². The third-order valence-corrected chi connectivity index (χ3v) is 5.29. The fourth-order valence-corrected chi connectivity index (χ4v) is 4.01. The first-order valence-electron chi connectivity index (χ1n) is 8.96. The molecule has 5 rings (SSSR count). The van der Waals surface area contributed by atoms with E-state index in [1.165, 1.54) is 11.1 Å². The highest BCUT2D eigenvalue weighted by molar-refractivity contribution is 5.98. The molecule has 6 nitrogen and oxygen atoms in total. The molecule has 0 spiro atoms. The van der Waals surface area contributed by atoms with E-state index in [9.17, 15) is 4.79 Å². The van der Waals surface area contributed by atoms with E-state index in [1.54, 1.807) is 10.9 Å². The lowest BCUT2D eigenvalue weighted by molar-refractivity contribution is 0.753. The van der Waals surface area contributed by atoms with Crippen LogP contribution in [0.2, 0.25) is 0 Å². The van der Waals surface area contributed by atoms with Crippen LogP contribution >= 0.6 is 0 Å². The largest absolute Gasteiger partial charge is 0.363 e. The average molecular weight is 345 g/mol. The Morgan fingerprint density at radius 3 is 3.04 bits per heavy atom. The summed E-state index contributed by atoms with van der Waals surface area (Å²) in [7, 11) is 0. The number of imidazole rings is 1. The molecule has 4 aromatic rings. The van der Waals surface area contributed by atoms with Crippen LogP contribution in [0, 0.1) is 0 Å². The Hall–Kier alpha value is -3.15. The van der Waals surface area contributed by atoms with Crippen LogP contribution in [0.4, 0.5) is 5.82 Å². The van der Waals surface area contributed by atoms with Crippen molar-refractivity contribution >= 4 is 27.8 Å². The molecule has 1 atom stereocenters. The highest BCUT2D eigenvalue weighted by atomic mass is 16.1. The van der Waals surface area contributed by atoms with Crippen LogP contribution in [0.1, 0.15) is 30.5 Å². The number of rotatable bonds is 3. The van der Waals surface area contributed by atoms with E-state index < -0.39 is 0 Å². The van der Waals surface area contributed by atoms with Gasteiger partial charge < -0.3 is 10.3 Å². The number of fused-ring (bicyclic) bond motifs is 3. The fraction of sp³-hybridized carbons (Fsp3) is 0.250. The summed E-state index contributed by atoms with van der Waals surface area (Å²) < 4.78 is 1.72. The molecular formula is C20H19N5O. The summed E-state index contributed by atoms with van der Waals surface area (Å²) in [6.45, 7) is 2.59. The Morgan fingerprint density at radius 1 is 1.27 bits per heavy atom. The van der Waals surface area contributed by atoms with Crippen molar-refractivity contribution in [2.45, 2.75) is 32.4 Å². The minimum atomic E-state index is -0.0926. The molecule has 0 fully saturated rings. The molecule has 2 N–H and O–H groups in total. The number of nitrogens with zero attached hydrogens (tertiary/aromatic N) is 3. The first-order chi connectivity index (χ1) is 12.7. The van der Waals surface area contributed by atoms with E-state index in [4.69, 9.17) is 0 Å². The van der Waals surface area contributed by atoms with Gasteiger partial charge in [-0.2, -0.15) is 0 Å². The van der Waals surface area contributed by atoms with E-state index in [1.807, 2.05) is 19.1 Å². The number of hydrogen-bond donors (Lipinski definition) is 2. The summed E-state index contributed by atoms with van der Waals surface area (Å²) in [5, 5.41) is 4.52. The second kappa shape index (κ2) is 5.69. The van der Waals surface area contributed by atoms with E-state index in [0.717, 1.165) is 40.6 Å². The number of anilines is 1. The van der Waals surface area contributed by atoms with Crippen LogP contribution in [0.25, 0.3) is 21.9 Å². The van der Waals surface area contributed by atoms with Gasteiger partial charge in [-0.15, -0.1) is 0 Å². The van der Waals surface area contributed by atoms with Gasteiger partial charge in [0.15, 0.2) is 0 Å². The van der Waals surface area contributed by atoms with Crippen molar-refractivity contribution in [1.82, 2.24) is 19.5 Å². The van der Waals surface area contributed by atoms with Gasteiger partial charge in [-0.3, -0.25) is 4.57 Å². The quantitative estimate of drug-likeness (QED) is 0.597. The van der Waals surface area contributed by atoms with Gasteiger partial charge in [-0.05, 0) is 43.0 Å². The van der Waals surface area contributed by atoms with Crippen molar-refractivity contribution in [3.05, 3.63) is 64.3 Å². The molecule has 1 aliphatic rings. The molecule has 0 saturated heterocycles. The molecule has 6 heteroatoms. The SMILES string of the molecule is CCn1c(=O)[nH]c2cc3c(NC4CCc5ccccc54)ncnc3cc21. The molecule has 0 saturated carbocycles. The lowest BCUT2D eigenvalue weighted by Crippen LogP contribution is -2.14. The first kappa shape index (κ1) is 15.1. The molecule has 2 aromatic heterocycles. The van der Waals surface area contributed by atoms with Crippen molar-refractivity contribution in [3.63, 3.8) is 0 Å². The number of aromatic amines is 1. The molecule has 0 aliphatic heterocycles. The Balaban J connectivity index is 1.62. The molecule has 1 aliphatic carbocycles. The van der Waals surface area contributed by atoms with E-state index in [-0.39, 0.29) is 11.7 Å². The highest BCUT2D eigenvalue weighted by Crippen LogP contribution is 2.35. The summed E-state index contributed by atoms with van der Waals surface area (Å²) in [4.78, 5) is 23.9. The van der Waals surface area contributed by atoms with Gasteiger partial charge in [0.05, 0.1) is 22.6 Å². The Labute approximate surface area is 149 Å². The maximum Gasteiger partial charge on any atom is 0.326 e. The zero-order valence-electron chi connectivity index (χ0n) is 14.5. The summed E-state index contributed by atoms with van der Waals surface area (Å²) in [6.07, 6.45) is 3.71. The lowest BCUT2D eigenvalue weighted by atomic mass is 10.1. The van der Waals surface area contributed by atoms with E-state index >= 15 is 0 Å². The second-order valence-corrected chi connectivity index (χ2v) is 6.72. The number of benzene rings is 2. The molecular weight excluding hydrogens is 326 g/mol. The zero-order valence-corrected chi connectivity index (χ0v) is 14.5. The monoisotopic (exact) mass is 345 g/mol. The Kier molecular flexibility index (Phi) is 3.31. The molecule has 1 unspecified atom stereocenters. The van der Waals surface area contributed by atoms with Crippen molar-refractivity contribution in [2.75, 3.05) is 5.32 Å². The maximum absolute atomic E-state index is 12.1. The molecule has 2 heterocycles. The van der Waals surface area contributed by atoms with Gasteiger partial charge in [0, 0.05) is 11.9 Å². The second-order valence-electron chi connectivity index (χ2n) is 6.72. The third kappa shape index (κ3) is 2.22. The van der Waals surface area contributed by atoms with Crippen molar-refractivity contribution in [2.24, 2.45) is 0 Å². The lowest BCUT2D eigenvalue weighted by Gasteiger charge is -2.16. The number of nitrogens with one attached hydrogen (secondary N) is 2. The summed E-state index contributed by atoms with van der Waals surface area (Å²) in [5.41, 5.74) is 5.17. The number of hydrogen-bond acceptors (Lipinski definition) is 4. The normalized spacial score (nSPS) is 16.3. The zero-order chi connectivity index (χ0) is 17.7. The van der Waals surface area contributed by atoms with Crippen LogP contribution in [-0.4, -0.2) is 19.5 Å². The predicted molar refractivity (Wildman–Crippen MR) is 102 cm³/mol. The van der Waals surface area contributed by atoms with Gasteiger partial charge in [-0.1, -0.05) is 24.3 Å². The van der Waals surface area contributed by atoms with Gasteiger partial charge in [0.1, 0.15) is 12.1 Å². The number of aromatic nitrogens is 4. The Bertz CT molecular complexity index is 1190. The molecule has 130 valence electrons. The molecule has 0 bridgehead atoms. The van der Waals surface area contributed by atoms with E-state index in [2.05, 4.69) is 44.5 Å². The van der Waals surface area contributed by atoms with Crippen molar-refractivity contribution in [3.8, 4) is 0 Å². The highest BCUT2D eigenvalue weighted by Gasteiger charge is 2.23. The van der Waals surface area contributed by atoms with Gasteiger partial charge in [0.25, 0.3) is 0 Å². The topological polar surface area (TPSA) is 75.6 Å². The maximum atomic E-state index is 12.1. The number of aryl methyl sites for hydroxylation is 2. The Morgan fingerprint density at radius 2 is 2.15 bits per heavy atom. The minimum absolute atomic E-state index is 0.0926. The summed E-state index contributed by atoms with van der Waals surface area (Å²) in [6, 6.07) is 12.7. The fourth-order valence-electron chi connectivity index (χ4n) is 4.01. The molecule has 0 amide bonds. The van der Waals surface area contributed by atoms with Crippen LogP contribution in [-0.2, 0) is 13.0 Å². The van der Waals surface area contributed by atoms with E-state index in [0.29, 0.717) is 6.54 Å². The van der Waals surface area contributed by atoms with Gasteiger partial charge in [-0.25, -0.2) is 14.8 Å². The number of H-pyrrole nitrogens is 1. The molecule has 2 aromatic carbocycles.